The molecule has 0 atom stereocenters. The van der Waals surface area contributed by atoms with Crippen LogP contribution in [0.25, 0.3) is 0 Å². The molecule has 37 valence electrons. The van der Waals surface area contributed by atoms with Gasteiger partial charge in [0.05, 0.1) is 0 Å². The molecule has 0 bridgehead atoms. The molecule has 0 fully saturated rings. The smallest absolute Gasteiger partial charge is 0.736 e. The first kappa shape index (κ1) is 9.63. The number of hydrogen-bond acceptors (Lipinski definition) is 3. The Morgan fingerprint density at radius 3 is 1.50 bits per heavy atom. The Bertz CT molecular complexity index is 94.0. The van der Waals surface area contributed by atoms with Crippen LogP contribution in [0.15, 0.2) is 0 Å². The van der Waals surface area contributed by atoms with Crippen molar-refractivity contribution in [2.45, 2.75) is 0 Å². The van der Waals surface area contributed by atoms with E-state index in [-0.39, 0.29) is 17.1 Å². The SMILES string of the molecule is NS(=O)(=O)[O-].[Fe+3]. The van der Waals surface area contributed by atoms with Crippen LogP contribution >= 0.6 is 0 Å². The first-order chi connectivity index (χ1) is 2.00. The van der Waals surface area contributed by atoms with Crippen molar-refractivity contribution in [2.24, 2.45) is 5.14 Å². The molecular formula is H2FeNO3S+2. The molecule has 0 rings (SSSR count). The molecule has 0 aliphatic carbocycles. The van der Waals surface area contributed by atoms with Gasteiger partial charge >= 0.3 is 17.1 Å². The maximum absolute atomic E-state index is 8.85. The van der Waals surface area contributed by atoms with Crippen molar-refractivity contribution in [2.75, 3.05) is 0 Å². The van der Waals surface area contributed by atoms with Crippen molar-refractivity contribution >= 4 is 10.3 Å². The summed E-state index contributed by atoms with van der Waals surface area (Å²) in [6.07, 6.45) is 0. The molecule has 6 heteroatoms. The van der Waals surface area contributed by atoms with Crippen molar-refractivity contribution in [1.29, 1.82) is 0 Å². The Morgan fingerprint density at radius 1 is 1.50 bits per heavy atom. The minimum atomic E-state index is -4.42. The van der Waals surface area contributed by atoms with Crippen LogP contribution in [0.2, 0.25) is 0 Å². The minimum Gasteiger partial charge on any atom is -0.736 e. The van der Waals surface area contributed by atoms with E-state index >= 15 is 0 Å². The summed E-state index contributed by atoms with van der Waals surface area (Å²) in [5, 5.41) is 3.77. The molecule has 0 aliphatic rings. The predicted molar refractivity (Wildman–Crippen MR) is 13.9 cm³/mol. The zero-order chi connectivity index (χ0) is 4.50. The molecule has 1 radical (unpaired) electrons. The summed E-state index contributed by atoms with van der Waals surface area (Å²) < 4.78 is 26.6. The van der Waals surface area contributed by atoms with Gasteiger partial charge in [-0.15, -0.1) is 0 Å². The topological polar surface area (TPSA) is 83.2 Å². The maximum atomic E-state index is 8.85. The molecule has 0 heterocycles. The summed E-state index contributed by atoms with van der Waals surface area (Å²) in [5.74, 6) is 0. The van der Waals surface area contributed by atoms with Gasteiger partial charge in [-0.05, 0) is 0 Å². The Hall–Kier alpha value is 0.389. The molecule has 0 aliphatic heterocycles. The second kappa shape index (κ2) is 2.54. The molecule has 4 nitrogen and oxygen atoms in total. The van der Waals surface area contributed by atoms with Gasteiger partial charge in [-0.2, -0.15) is 0 Å². The van der Waals surface area contributed by atoms with Crippen LogP contribution in [0.4, 0.5) is 0 Å². The average molecular weight is 152 g/mol. The second-order valence-electron chi connectivity index (χ2n) is 0.493. The van der Waals surface area contributed by atoms with Crippen LogP contribution in [0.3, 0.4) is 0 Å². The van der Waals surface area contributed by atoms with Gasteiger partial charge in [-0.1, -0.05) is 0 Å². The van der Waals surface area contributed by atoms with Crippen LogP contribution in [-0.2, 0) is 27.4 Å². The van der Waals surface area contributed by atoms with Crippen LogP contribution in [0, 0.1) is 0 Å². The fourth-order valence-corrected chi connectivity index (χ4v) is 0. The van der Waals surface area contributed by atoms with E-state index in [1.54, 1.807) is 0 Å². The standard InChI is InChI=1S/Fe.H3NO3S/c;1-5(2,3)4/h;(H3,1,2,3,4)/q+3;/p-1. The first-order valence-electron chi connectivity index (χ1n) is 0.736. The van der Waals surface area contributed by atoms with Gasteiger partial charge in [0.1, 0.15) is 0 Å². The number of nitrogens with two attached hydrogens (primary N) is 1. The zero-order valence-corrected chi connectivity index (χ0v) is 4.48. The van der Waals surface area contributed by atoms with E-state index in [0.29, 0.717) is 0 Å². The van der Waals surface area contributed by atoms with E-state index in [2.05, 4.69) is 5.14 Å². The van der Waals surface area contributed by atoms with E-state index < -0.39 is 10.3 Å². The van der Waals surface area contributed by atoms with Gasteiger partial charge in [0, 0.05) is 0 Å². The van der Waals surface area contributed by atoms with E-state index in [4.69, 9.17) is 13.0 Å². The van der Waals surface area contributed by atoms with Crippen molar-refractivity contribution in [3.8, 4) is 0 Å². The zero-order valence-electron chi connectivity index (χ0n) is 2.56. The van der Waals surface area contributed by atoms with E-state index in [1.165, 1.54) is 0 Å². The van der Waals surface area contributed by atoms with Gasteiger partial charge in [-0.25, -0.2) is 13.6 Å². The fraction of sp³-hybridized carbons (Fsp3) is 0. The Balaban J connectivity index is 0. The Labute approximate surface area is 46.1 Å². The molecule has 0 spiro atoms. The molecule has 0 aromatic carbocycles. The van der Waals surface area contributed by atoms with E-state index in [1.807, 2.05) is 0 Å². The van der Waals surface area contributed by atoms with Gasteiger partial charge in [0.2, 0.25) is 0 Å². The fourth-order valence-electron chi connectivity index (χ4n) is 0. The maximum Gasteiger partial charge on any atom is 3.00 e. The van der Waals surface area contributed by atoms with Crippen molar-refractivity contribution in [1.82, 2.24) is 0 Å². The summed E-state index contributed by atoms with van der Waals surface area (Å²) in [6, 6.07) is 0. The number of rotatable bonds is 0. The summed E-state index contributed by atoms with van der Waals surface area (Å²) in [6.45, 7) is 0. The van der Waals surface area contributed by atoms with Crippen LogP contribution in [-0.4, -0.2) is 13.0 Å². The van der Waals surface area contributed by atoms with E-state index in [0.717, 1.165) is 0 Å². The first-order valence-corrected chi connectivity index (χ1v) is 2.21. The molecular weight excluding hydrogens is 150 g/mol. The van der Waals surface area contributed by atoms with Gasteiger partial charge in [0.25, 0.3) is 0 Å². The number of hydrogen-bond donors (Lipinski definition) is 1. The van der Waals surface area contributed by atoms with Gasteiger partial charge in [-0.3, -0.25) is 0 Å². The van der Waals surface area contributed by atoms with Gasteiger partial charge in [0.15, 0.2) is 10.3 Å². The minimum absolute atomic E-state index is 0. The molecule has 6 heavy (non-hydrogen) atoms. The second-order valence-corrected chi connectivity index (χ2v) is 1.48. The molecule has 2 N–H and O–H groups in total. The summed E-state index contributed by atoms with van der Waals surface area (Å²) in [4.78, 5) is 0. The van der Waals surface area contributed by atoms with Crippen molar-refractivity contribution in [3.63, 3.8) is 0 Å². The van der Waals surface area contributed by atoms with Gasteiger partial charge < -0.3 is 4.55 Å². The van der Waals surface area contributed by atoms with Crippen molar-refractivity contribution in [3.05, 3.63) is 0 Å². The molecule has 0 saturated heterocycles. The summed E-state index contributed by atoms with van der Waals surface area (Å²) in [5.41, 5.74) is 0. The summed E-state index contributed by atoms with van der Waals surface area (Å²) in [7, 11) is -4.42. The quantitative estimate of drug-likeness (QED) is 0.335. The average Bonchev–Trinajstić information content (AvgIpc) is 0.722. The largest absolute Gasteiger partial charge is 3.00 e. The molecule has 0 unspecified atom stereocenters. The molecule has 0 saturated carbocycles. The molecule has 0 aromatic heterocycles. The van der Waals surface area contributed by atoms with E-state index in [9.17, 15) is 0 Å². The van der Waals surface area contributed by atoms with Crippen LogP contribution < -0.4 is 5.14 Å². The Kier molecular flexibility index (Phi) is 4.08. The monoisotopic (exact) mass is 152 g/mol. The third kappa shape index (κ3) is 332. The third-order valence-corrected chi connectivity index (χ3v) is 0. The van der Waals surface area contributed by atoms with Crippen LogP contribution in [0.5, 0.6) is 0 Å². The summed E-state index contributed by atoms with van der Waals surface area (Å²) >= 11 is 0. The molecule has 0 amide bonds. The van der Waals surface area contributed by atoms with Crippen molar-refractivity contribution < 1.29 is 30.0 Å². The third-order valence-electron chi connectivity index (χ3n) is 0. The molecule has 0 aromatic rings. The Morgan fingerprint density at radius 2 is 1.50 bits per heavy atom. The normalized spacial score (nSPS) is 9.67. The predicted octanol–water partition coefficient (Wildman–Crippen LogP) is -1.60. The van der Waals surface area contributed by atoms with Crippen LogP contribution in [0.1, 0.15) is 0 Å².